The van der Waals surface area contributed by atoms with Crippen LogP contribution in [-0.2, 0) is 6.54 Å². The Morgan fingerprint density at radius 1 is 1.05 bits per heavy atom. The summed E-state index contributed by atoms with van der Waals surface area (Å²) in [6, 6.07) is 19.3. The molecule has 0 unspecified atom stereocenters. The molecule has 0 saturated heterocycles. The second-order valence-corrected chi connectivity index (χ2v) is 5.62. The highest BCUT2D eigenvalue weighted by Gasteiger charge is 2.07. The largest absolute Gasteiger partial charge is 0.347 e. The zero-order chi connectivity index (χ0) is 14.7. The lowest BCUT2D eigenvalue weighted by molar-refractivity contribution is 0.0946. The third-order valence-corrected chi connectivity index (χ3v) is 3.67. The van der Waals surface area contributed by atoms with Gasteiger partial charge in [-0.25, -0.2) is 4.98 Å². The highest BCUT2D eigenvalue weighted by atomic mass is 79.9. The lowest BCUT2D eigenvalue weighted by Gasteiger charge is -2.06. The minimum atomic E-state index is -0.166. The van der Waals surface area contributed by atoms with E-state index in [0.717, 1.165) is 20.9 Å². The highest BCUT2D eigenvalue weighted by Crippen LogP contribution is 2.13. The van der Waals surface area contributed by atoms with Gasteiger partial charge in [-0.1, -0.05) is 52.3 Å². The maximum Gasteiger partial charge on any atom is 0.270 e. The first kappa shape index (κ1) is 13.8. The van der Waals surface area contributed by atoms with Gasteiger partial charge in [0.2, 0.25) is 0 Å². The van der Waals surface area contributed by atoms with Crippen molar-refractivity contribution < 1.29 is 4.79 Å². The fourth-order valence-electron chi connectivity index (χ4n) is 2.11. The molecule has 1 heterocycles. The summed E-state index contributed by atoms with van der Waals surface area (Å²) in [5.74, 6) is -0.166. The van der Waals surface area contributed by atoms with Gasteiger partial charge in [0.05, 0.1) is 5.52 Å². The fraction of sp³-hybridized carbons (Fsp3) is 0.0588. The zero-order valence-electron chi connectivity index (χ0n) is 11.2. The van der Waals surface area contributed by atoms with E-state index in [9.17, 15) is 4.79 Å². The van der Waals surface area contributed by atoms with Crippen molar-refractivity contribution in [2.45, 2.75) is 6.54 Å². The monoisotopic (exact) mass is 340 g/mol. The molecule has 3 aromatic rings. The van der Waals surface area contributed by atoms with Gasteiger partial charge in [0.25, 0.3) is 5.91 Å². The van der Waals surface area contributed by atoms with Crippen LogP contribution in [0.5, 0.6) is 0 Å². The smallest absolute Gasteiger partial charge is 0.270 e. The minimum absolute atomic E-state index is 0.166. The van der Waals surface area contributed by atoms with Crippen LogP contribution in [0.2, 0.25) is 0 Å². The number of hydrogen-bond acceptors (Lipinski definition) is 2. The third-order valence-electron chi connectivity index (χ3n) is 3.17. The number of nitrogens with one attached hydrogen (secondary N) is 1. The molecule has 0 fully saturated rings. The molecule has 4 heteroatoms. The number of amides is 1. The van der Waals surface area contributed by atoms with Crippen LogP contribution in [0.4, 0.5) is 0 Å². The number of carbonyl (C=O) groups is 1. The van der Waals surface area contributed by atoms with Crippen LogP contribution < -0.4 is 5.32 Å². The summed E-state index contributed by atoms with van der Waals surface area (Å²) in [4.78, 5) is 16.5. The summed E-state index contributed by atoms with van der Waals surface area (Å²) in [5, 5.41) is 3.91. The molecule has 104 valence electrons. The van der Waals surface area contributed by atoms with E-state index in [0.29, 0.717) is 12.2 Å². The van der Waals surface area contributed by atoms with Crippen LogP contribution in [0, 0.1) is 0 Å². The minimum Gasteiger partial charge on any atom is -0.347 e. The Labute approximate surface area is 131 Å². The van der Waals surface area contributed by atoms with Gasteiger partial charge in [-0.3, -0.25) is 4.79 Å². The Bertz CT molecular complexity index is 801. The molecule has 1 aromatic heterocycles. The quantitative estimate of drug-likeness (QED) is 0.784. The number of fused-ring (bicyclic) bond motifs is 1. The lowest BCUT2D eigenvalue weighted by Crippen LogP contribution is -2.23. The van der Waals surface area contributed by atoms with Crippen molar-refractivity contribution >= 4 is 32.7 Å². The number of aromatic nitrogens is 1. The number of benzene rings is 2. The molecule has 0 spiro atoms. The maximum atomic E-state index is 12.2. The number of para-hydroxylation sites is 1. The number of pyridine rings is 1. The van der Waals surface area contributed by atoms with Crippen LogP contribution in [-0.4, -0.2) is 10.9 Å². The van der Waals surface area contributed by atoms with E-state index >= 15 is 0 Å². The molecule has 0 bridgehead atoms. The lowest BCUT2D eigenvalue weighted by atomic mass is 10.2. The van der Waals surface area contributed by atoms with Gasteiger partial charge in [0.15, 0.2) is 0 Å². The highest BCUT2D eigenvalue weighted by molar-refractivity contribution is 9.10. The predicted octanol–water partition coefficient (Wildman–Crippen LogP) is 3.93. The van der Waals surface area contributed by atoms with Crippen LogP contribution in [0.15, 0.2) is 65.1 Å². The third kappa shape index (κ3) is 3.28. The topological polar surface area (TPSA) is 42.0 Å². The number of rotatable bonds is 3. The van der Waals surface area contributed by atoms with E-state index < -0.39 is 0 Å². The van der Waals surface area contributed by atoms with Crippen molar-refractivity contribution in [2.24, 2.45) is 0 Å². The standard InChI is InChI=1S/C17H13BrN2O/c18-14-6-3-4-12(10-14)11-19-17(21)16-9-8-13-5-1-2-7-15(13)20-16/h1-10H,11H2,(H,19,21). The van der Waals surface area contributed by atoms with E-state index in [2.05, 4.69) is 26.2 Å². The number of nitrogens with zero attached hydrogens (tertiary/aromatic N) is 1. The summed E-state index contributed by atoms with van der Waals surface area (Å²) in [6.07, 6.45) is 0. The summed E-state index contributed by atoms with van der Waals surface area (Å²) in [5.41, 5.74) is 2.30. The number of hydrogen-bond donors (Lipinski definition) is 1. The number of halogens is 1. The van der Waals surface area contributed by atoms with E-state index in [-0.39, 0.29) is 5.91 Å². The molecule has 0 radical (unpaired) electrons. The average Bonchev–Trinajstić information content (AvgIpc) is 2.52. The molecule has 0 saturated carbocycles. The van der Waals surface area contributed by atoms with Crippen molar-refractivity contribution in [3.63, 3.8) is 0 Å². The van der Waals surface area contributed by atoms with Crippen molar-refractivity contribution in [3.8, 4) is 0 Å². The van der Waals surface area contributed by atoms with Gasteiger partial charge in [0, 0.05) is 16.4 Å². The zero-order valence-corrected chi connectivity index (χ0v) is 12.8. The molecule has 1 amide bonds. The Hall–Kier alpha value is -2.20. The Balaban J connectivity index is 1.74. The molecule has 3 nitrogen and oxygen atoms in total. The Morgan fingerprint density at radius 2 is 1.90 bits per heavy atom. The van der Waals surface area contributed by atoms with Crippen LogP contribution in [0.3, 0.4) is 0 Å². The van der Waals surface area contributed by atoms with Gasteiger partial charge in [-0.05, 0) is 29.8 Å². The molecular weight excluding hydrogens is 328 g/mol. The van der Waals surface area contributed by atoms with Crippen molar-refractivity contribution in [1.82, 2.24) is 10.3 Å². The van der Waals surface area contributed by atoms with Crippen molar-refractivity contribution in [2.75, 3.05) is 0 Å². The summed E-state index contributed by atoms with van der Waals surface area (Å²) in [6.45, 7) is 0.479. The first-order valence-electron chi connectivity index (χ1n) is 6.61. The Kier molecular flexibility index (Phi) is 3.97. The van der Waals surface area contributed by atoms with Gasteiger partial charge in [0.1, 0.15) is 5.69 Å². The second kappa shape index (κ2) is 6.06. The number of carbonyl (C=O) groups excluding carboxylic acids is 1. The predicted molar refractivity (Wildman–Crippen MR) is 87.1 cm³/mol. The average molecular weight is 341 g/mol. The maximum absolute atomic E-state index is 12.2. The molecule has 21 heavy (non-hydrogen) atoms. The molecular formula is C17H13BrN2O. The molecule has 0 aliphatic rings. The van der Waals surface area contributed by atoms with Crippen molar-refractivity contribution in [3.05, 3.63) is 76.4 Å². The first-order chi connectivity index (χ1) is 10.2. The van der Waals surface area contributed by atoms with Crippen LogP contribution in [0.1, 0.15) is 16.1 Å². The molecule has 0 aliphatic carbocycles. The van der Waals surface area contributed by atoms with Gasteiger partial charge >= 0.3 is 0 Å². The second-order valence-electron chi connectivity index (χ2n) is 4.70. The van der Waals surface area contributed by atoms with Crippen molar-refractivity contribution in [1.29, 1.82) is 0 Å². The summed E-state index contributed by atoms with van der Waals surface area (Å²) < 4.78 is 0.998. The Morgan fingerprint density at radius 3 is 2.76 bits per heavy atom. The molecule has 0 aliphatic heterocycles. The summed E-state index contributed by atoms with van der Waals surface area (Å²) >= 11 is 3.42. The fourth-order valence-corrected chi connectivity index (χ4v) is 2.56. The van der Waals surface area contributed by atoms with Gasteiger partial charge in [-0.2, -0.15) is 0 Å². The van der Waals surface area contributed by atoms with E-state index in [1.54, 1.807) is 6.07 Å². The van der Waals surface area contributed by atoms with Gasteiger partial charge < -0.3 is 5.32 Å². The van der Waals surface area contributed by atoms with Gasteiger partial charge in [-0.15, -0.1) is 0 Å². The normalized spacial score (nSPS) is 10.5. The molecule has 1 N–H and O–H groups in total. The van der Waals surface area contributed by atoms with Crippen LogP contribution in [0.25, 0.3) is 10.9 Å². The molecule has 2 aromatic carbocycles. The van der Waals surface area contributed by atoms with Crippen LogP contribution >= 0.6 is 15.9 Å². The molecule has 0 atom stereocenters. The van der Waals surface area contributed by atoms with E-state index in [4.69, 9.17) is 0 Å². The first-order valence-corrected chi connectivity index (χ1v) is 7.40. The summed E-state index contributed by atoms with van der Waals surface area (Å²) in [7, 11) is 0. The SMILES string of the molecule is O=C(NCc1cccc(Br)c1)c1ccc2ccccc2n1. The molecule has 3 rings (SSSR count). The van der Waals surface area contributed by atoms with E-state index in [1.807, 2.05) is 54.6 Å². The van der Waals surface area contributed by atoms with E-state index in [1.165, 1.54) is 0 Å².